The Hall–Kier alpha value is -3.03. The van der Waals surface area contributed by atoms with Crippen molar-refractivity contribution < 1.29 is 18.7 Å². The lowest BCUT2D eigenvalue weighted by atomic mass is 9.94. The monoisotopic (exact) mass is 357 g/mol. The van der Waals surface area contributed by atoms with Gasteiger partial charge in [0.1, 0.15) is 12.4 Å². The second kappa shape index (κ2) is 7.90. The lowest BCUT2D eigenvalue weighted by Crippen LogP contribution is -2.37. The Morgan fingerprint density at radius 1 is 1.38 bits per heavy atom. The Morgan fingerprint density at radius 2 is 2.23 bits per heavy atom. The van der Waals surface area contributed by atoms with Crippen molar-refractivity contribution >= 4 is 17.4 Å². The van der Waals surface area contributed by atoms with Gasteiger partial charge < -0.3 is 9.64 Å². The van der Waals surface area contributed by atoms with E-state index in [1.165, 1.54) is 17.7 Å². The lowest BCUT2D eigenvalue weighted by Gasteiger charge is -2.27. The van der Waals surface area contributed by atoms with Gasteiger partial charge in [0.2, 0.25) is 0 Å². The van der Waals surface area contributed by atoms with Gasteiger partial charge in [0.15, 0.2) is 6.61 Å². The SMILES string of the molecule is CC(=O)OCC(=O)N1CC=C(c2c(F)cccc2[CH]n2ccnn2)CC1. The van der Waals surface area contributed by atoms with Gasteiger partial charge in [0.05, 0.1) is 6.20 Å². The number of esters is 1. The summed E-state index contributed by atoms with van der Waals surface area (Å²) in [6.45, 7) is 3.45. The summed E-state index contributed by atoms with van der Waals surface area (Å²) >= 11 is 0. The number of nitrogens with zero attached hydrogens (tertiary/aromatic N) is 4. The van der Waals surface area contributed by atoms with E-state index in [0.29, 0.717) is 30.6 Å². The van der Waals surface area contributed by atoms with Crippen LogP contribution >= 0.6 is 0 Å². The topological polar surface area (TPSA) is 77.3 Å². The van der Waals surface area contributed by atoms with Gasteiger partial charge in [-0.05, 0) is 23.6 Å². The molecule has 1 aromatic heterocycles. The first-order valence-corrected chi connectivity index (χ1v) is 8.14. The van der Waals surface area contributed by atoms with Gasteiger partial charge in [-0.1, -0.05) is 23.4 Å². The molecule has 0 N–H and O–H groups in total. The van der Waals surface area contributed by atoms with Crippen molar-refractivity contribution in [3.63, 3.8) is 0 Å². The third-order valence-electron chi connectivity index (χ3n) is 4.04. The van der Waals surface area contributed by atoms with Gasteiger partial charge in [-0.2, -0.15) is 0 Å². The van der Waals surface area contributed by atoms with Gasteiger partial charge in [-0.3, -0.25) is 9.59 Å². The third kappa shape index (κ3) is 4.14. The molecule has 0 unspecified atom stereocenters. The van der Waals surface area contributed by atoms with Crippen LogP contribution in [-0.4, -0.2) is 51.5 Å². The molecule has 8 heteroatoms. The van der Waals surface area contributed by atoms with E-state index in [1.54, 1.807) is 36.0 Å². The number of carbonyl (C=O) groups is 2. The molecule has 1 radical (unpaired) electrons. The maximum atomic E-state index is 14.5. The minimum absolute atomic E-state index is 0.265. The van der Waals surface area contributed by atoms with Gasteiger partial charge in [0, 0.05) is 31.8 Å². The van der Waals surface area contributed by atoms with Crippen molar-refractivity contribution in [2.45, 2.75) is 13.3 Å². The third-order valence-corrected chi connectivity index (χ3v) is 4.04. The summed E-state index contributed by atoms with van der Waals surface area (Å²) in [5.74, 6) is -1.09. The van der Waals surface area contributed by atoms with E-state index < -0.39 is 5.97 Å². The van der Waals surface area contributed by atoms with Crippen molar-refractivity contribution in [1.82, 2.24) is 19.9 Å². The van der Waals surface area contributed by atoms with E-state index in [0.717, 1.165) is 5.57 Å². The van der Waals surface area contributed by atoms with E-state index >= 15 is 0 Å². The maximum absolute atomic E-state index is 14.5. The molecule has 1 amide bonds. The first-order valence-electron chi connectivity index (χ1n) is 8.14. The summed E-state index contributed by atoms with van der Waals surface area (Å²) in [4.78, 5) is 24.4. The zero-order valence-electron chi connectivity index (χ0n) is 14.3. The molecule has 0 spiro atoms. The zero-order valence-corrected chi connectivity index (χ0v) is 14.3. The van der Waals surface area contributed by atoms with Crippen molar-refractivity contribution in [2.75, 3.05) is 19.7 Å². The molecular formula is C18H18FN4O3. The Morgan fingerprint density at radius 3 is 2.88 bits per heavy atom. The maximum Gasteiger partial charge on any atom is 0.303 e. The molecule has 0 bridgehead atoms. The van der Waals surface area contributed by atoms with Crippen LogP contribution in [0.3, 0.4) is 0 Å². The second-order valence-corrected chi connectivity index (χ2v) is 5.82. The molecule has 0 atom stereocenters. The number of benzene rings is 1. The summed E-state index contributed by atoms with van der Waals surface area (Å²) in [5.41, 5.74) is 2.00. The van der Waals surface area contributed by atoms with Crippen LogP contribution < -0.4 is 0 Å². The number of rotatable bonds is 5. The fourth-order valence-electron chi connectivity index (χ4n) is 2.79. The number of ether oxygens (including phenoxy) is 1. The van der Waals surface area contributed by atoms with Crippen molar-refractivity contribution in [2.24, 2.45) is 0 Å². The van der Waals surface area contributed by atoms with E-state index in [2.05, 4.69) is 10.3 Å². The minimum Gasteiger partial charge on any atom is -0.456 e. The highest BCUT2D eigenvalue weighted by atomic mass is 19.1. The van der Waals surface area contributed by atoms with Crippen LogP contribution in [-0.2, 0) is 14.3 Å². The van der Waals surface area contributed by atoms with Crippen LogP contribution in [0.1, 0.15) is 24.5 Å². The lowest BCUT2D eigenvalue weighted by molar-refractivity contribution is -0.150. The summed E-state index contributed by atoms with van der Waals surface area (Å²) in [6.07, 6.45) is 5.54. The highest BCUT2D eigenvalue weighted by Crippen LogP contribution is 2.29. The Bertz CT molecular complexity index is 833. The zero-order chi connectivity index (χ0) is 18.5. The molecule has 1 aromatic carbocycles. The van der Waals surface area contributed by atoms with Crippen molar-refractivity contribution in [1.29, 1.82) is 0 Å². The standard InChI is InChI=1S/C18H18FN4O3/c1-13(24)26-12-17(25)22-8-5-14(6-9-22)18-15(3-2-4-16(18)19)11-23-10-7-20-21-23/h2-5,7,10-11H,6,8-9,12H2,1H3. The van der Waals surface area contributed by atoms with Crippen molar-refractivity contribution in [3.05, 3.63) is 60.2 Å². The number of hydrogen-bond acceptors (Lipinski definition) is 5. The van der Waals surface area contributed by atoms with Crippen LogP contribution in [0.15, 0.2) is 36.7 Å². The van der Waals surface area contributed by atoms with Crippen LogP contribution in [0.5, 0.6) is 0 Å². The largest absolute Gasteiger partial charge is 0.456 e. The molecule has 7 nitrogen and oxygen atoms in total. The van der Waals surface area contributed by atoms with Gasteiger partial charge >= 0.3 is 5.97 Å². The highest BCUT2D eigenvalue weighted by molar-refractivity contribution is 5.81. The smallest absolute Gasteiger partial charge is 0.303 e. The summed E-state index contributed by atoms with van der Waals surface area (Å²) < 4.78 is 20.7. The summed E-state index contributed by atoms with van der Waals surface area (Å²) in [5, 5.41) is 7.61. The van der Waals surface area contributed by atoms with E-state index in [1.807, 2.05) is 6.08 Å². The molecular weight excluding hydrogens is 339 g/mol. The number of halogens is 1. The molecule has 2 aromatic rings. The summed E-state index contributed by atoms with van der Waals surface area (Å²) in [6, 6.07) is 4.85. The first-order chi connectivity index (χ1) is 12.5. The highest BCUT2D eigenvalue weighted by Gasteiger charge is 2.22. The first kappa shape index (κ1) is 17.8. The average Bonchev–Trinajstić information content (AvgIpc) is 3.13. The molecule has 3 rings (SSSR count). The van der Waals surface area contributed by atoms with Crippen LogP contribution in [0.2, 0.25) is 0 Å². The molecule has 2 heterocycles. The number of aromatic nitrogens is 3. The Labute approximate surface area is 150 Å². The Balaban J connectivity index is 1.76. The van der Waals surface area contributed by atoms with Gasteiger partial charge in [-0.15, -0.1) is 5.10 Å². The molecule has 0 saturated heterocycles. The summed E-state index contributed by atoms with van der Waals surface area (Å²) in [7, 11) is 0. The van der Waals surface area contributed by atoms with Crippen molar-refractivity contribution in [3.8, 4) is 0 Å². The van der Waals surface area contributed by atoms with E-state index in [9.17, 15) is 14.0 Å². The Kier molecular flexibility index (Phi) is 5.40. The van der Waals surface area contributed by atoms with E-state index in [4.69, 9.17) is 4.74 Å². The molecule has 26 heavy (non-hydrogen) atoms. The van der Waals surface area contributed by atoms with Gasteiger partial charge in [0.25, 0.3) is 5.91 Å². The fourth-order valence-corrected chi connectivity index (χ4v) is 2.79. The predicted octanol–water partition coefficient (Wildman–Crippen LogP) is 1.65. The van der Waals surface area contributed by atoms with Crippen LogP contribution in [0, 0.1) is 12.4 Å². The van der Waals surface area contributed by atoms with E-state index in [-0.39, 0.29) is 18.3 Å². The van der Waals surface area contributed by atoms with Crippen LogP contribution in [0.25, 0.3) is 5.57 Å². The number of amides is 1. The molecule has 0 aliphatic carbocycles. The molecule has 1 aliphatic heterocycles. The minimum atomic E-state index is -0.494. The fraction of sp³-hybridized carbons (Fsp3) is 0.278. The number of carbonyl (C=O) groups excluding carboxylic acids is 2. The quantitative estimate of drug-likeness (QED) is 0.761. The van der Waals surface area contributed by atoms with Crippen LogP contribution in [0.4, 0.5) is 4.39 Å². The van der Waals surface area contributed by atoms with Gasteiger partial charge in [-0.25, -0.2) is 9.07 Å². The molecule has 1 aliphatic rings. The average molecular weight is 357 g/mol. The molecule has 135 valence electrons. The second-order valence-electron chi connectivity index (χ2n) is 5.82. The predicted molar refractivity (Wildman–Crippen MR) is 91.0 cm³/mol. The molecule has 0 fully saturated rings. The molecule has 0 saturated carbocycles. The normalized spacial score (nSPS) is 14.1. The number of hydrogen-bond donors (Lipinski definition) is 0.